The zero-order valence-corrected chi connectivity index (χ0v) is 19.0. The summed E-state index contributed by atoms with van der Waals surface area (Å²) in [4.78, 5) is 48.3. The van der Waals surface area contributed by atoms with E-state index in [2.05, 4.69) is 15.4 Å². The molecule has 0 saturated carbocycles. The minimum absolute atomic E-state index is 0.252. The third-order valence-corrected chi connectivity index (χ3v) is 3.64. The number of nitrogens with one attached hydrogen (secondary N) is 2. The molecular formula is C17H29IN2O7. The Bertz CT molecular complexity index is 522. The van der Waals surface area contributed by atoms with Crippen LogP contribution in [0.25, 0.3) is 0 Å². The Morgan fingerprint density at radius 2 is 1.41 bits per heavy atom. The van der Waals surface area contributed by atoms with E-state index in [0.29, 0.717) is 0 Å². The summed E-state index contributed by atoms with van der Waals surface area (Å²) in [6.45, 7) is 10.1. The molecule has 2 N–H and O–H groups in total. The van der Waals surface area contributed by atoms with Crippen LogP contribution in [0.2, 0.25) is 0 Å². The monoisotopic (exact) mass is 500 g/mol. The summed E-state index contributed by atoms with van der Waals surface area (Å²) >= 11 is 1.91. The first-order valence-corrected chi connectivity index (χ1v) is 9.86. The molecule has 2 atom stereocenters. The van der Waals surface area contributed by atoms with Crippen LogP contribution in [0.4, 0.5) is 4.79 Å². The Labute approximate surface area is 173 Å². The number of carbonyl (C=O) groups is 4. The van der Waals surface area contributed by atoms with Crippen molar-refractivity contribution in [1.29, 1.82) is 0 Å². The van der Waals surface area contributed by atoms with Gasteiger partial charge in [0.1, 0.15) is 23.3 Å². The molecule has 0 aliphatic heterocycles. The van der Waals surface area contributed by atoms with Gasteiger partial charge in [0, 0.05) is 4.43 Å². The van der Waals surface area contributed by atoms with Gasteiger partial charge in [0.05, 0.1) is 13.5 Å². The molecule has 9 nitrogen and oxygen atoms in total. The molecule has 0 aromatic rings. The van der Waals surface area contributed by atoms with E-state index in [0.717, 1.165) is 0 Å². The van der Waals surface area contributed by atoms with Crippen molar-refractivity contribution in [3.8, 4) is 0 Å². The van der Waals surface area contributed by atoms with E-state index < -0.39 is 53.6 Å². The highest BCUT2D eigenvalue weighted by molar-refractivity contribution is 14.1. The van der Waals surface area contributed by atoms with E-state index in [1.807, 2.05) is 22.6 Å². The van der Waals surface area contributed by atoms with Crippen LogP contribution >= 0.6 is 22.6 Å². The Kier molecular flexibility index (Phi) is 10.0. The number of alkyl halides is 1. The smallest absolute Gasteiger partial charge is 0.408 e. The molecule has 0 rings (SSSR count). The molecule has 0 heterocycles. The normalized spacial score (nSPS) is 13.8. The van der Waals surface area contributed by atoms with E-state index in [9.17, 15) is 19.2 Å². The number of hydrogen-bond acceptors (Lipinski definition) is 7. The molecule has 27 heavy (non-hydrogen) atoms. The lowest BCUT2D eigenvalue weighted by Crippen LogP contribution is -2.54. The maximum absolute atomic E-state index is 12.5. The average molecular weight is 500 g/mol. The van der Waals surface area contributed by atoms with Gasteiger partial charge < -0.3 is 24.8 Å². The zero-order valence-electron chi connectivity index (χ0n) is 16.8. The van der Waals surface area contributed by atoms with Gasteiger partial charge in [-0.25, -0.2) is 9.59 Å². The van der Waals surface area contributed by atoms with Crippen molar-refractivity contribution >= 4 is 46.5 Å². The van der Waals surface area contributed by atoms with Crippen LogP contribution in [0.15, 0.2) is 0 Å². The highest BCUT2D eigenvalue weighted by atomic mass is 127. The zero-order chi connectivity index (χ0) is 21.4. The summed E-state index contributed by atoms with van der Waals surface area (Å²) in [6, 6.07) is -2.19. The Hall–Kier alpha value is -1.59. The minimum atomic E-state index is -1.27. The van der Waals surface area contributed by atoms with Crippen LogP contribution in [0.3, 0.4) is 0 Å². The molecular weight excluding hydrogens is 471 g/mol. The highest BCUT2D eigenvalue weighted by Crippen LogP contribution is 2.11. The fourth-order valence-electron chi connectivity index (χ4n) is 1.78. The molecule has 0 unspecified atom stereocenters. The lowest BCUT2D eigenvalue weighted by atomic mass is 10.1. The van der Waals surface area contributed by atoms with E-state index >= 15 is 0 Å². The van der Waals surface area contributed by atoms with Gasteiger partial charge in [0.15, 0.2) is 0 Å². The molecule has 156 valence electrons. The molecule has 0 aliphatic rings. The molecule has 0 spiro atoms. The van der Waals surface area contributed by atoms with Crippen LogP contribution in [-0.2, 0) is 28.6 Å². The summed E-state index contributed by atoms with van der Waals surface area (Å²) in [5.74, 6) is -2.03. The summed E-state index contributed by atoms with van der Waals surface area (Å²) < 4.78 is 15.2. The number of alkyl carbamates (subject to hydrolysis) is 1. The fourth-order valence-corrected chi connectivity index (χ4v) is 2.36. The van der Waals surface area contributed by atoms with Gasteiger partial charge in [-0.1, -0.05) is 22.6 Å². The van der Waals surface area contributed by atoms with Gasteiger partial charge in [0.25, 0.3) is 0 Å². The maximum Gasteiger partial charge on any atom is 0.408 e. The molecule has 10 heteroatoms. The fraction of sp³-hybridized carbons (Fsp3) is 0.765. The summed E-state index contributed by atoms with van der Waals surface area (Å²) in [6.07, 6.45) is -1.28. The Morgan fingerprint density at radius 1 is 0.889 bits per heavy atom. The first-order chi connectivity index (χ1) is 12.2. The molecule has 0 bridgehead atoms. The lowest BCUT2D eigenvalue weighted by Gasteiger charge is -2.25. The molecule has 0 aliphatic carbocycles. The van der Waals surface area contributed by atoms with Crippen molar-refractivity contribution < 1.29 is 33.4 Å². The van der Waals surface area contributed by atoms with Gasteiger partial charge >= 0.3 is 18.0 Å². The highest BCUT2D eigenvalue weighted by Gasteiger charge is 2.31. The van der Waals surface area contributed by atoms with E-state index in [1.54, 1.807) is 41.5 Å². The lowest BCUT2D eigenvalue weighted by molar-refractivity contribution is -0.156. The summed E-state index contributed by atoms with van der Waals surface area (Å²) in [5.41, 5.74) is -1.53. The van der Waals surface area contributed by atoms with Crippen LogP contribution in [-0.4, -0.2) is 58.8 Å². The predicted molar refractivity (Wildman–Crippen MR) is 106 cm³/mol. The largest absolute Gasteiger partial charge is 0.467 e. The topological polar surface area (TPSA) is 120 Å². The standard InChI is InChI=1S/C17H29IN2O7/c1-16(2,3)26-12(21)8-10(20-15(24)27-17(4,5)6)13(22)19-11(9-18)14(23)25-7/h10-11H,8-9H2,1-7H3,(H,19,22)(H,20,24)/t10-,11-/m0/s1. The van der Waals surface area contributed by atoms with Crippen LogP contribution < -0.4 is 10.6 Å². The number of methoxy groups -OCH3 is 1. The molecule has 0 aromatic heterocycles. The maximum atomic E-state index is 12.5. The number of esters is 2. The molecule has 0 saturated heterocycles. The van der Waals surface area contributed by atoms with Crippen molar-refractivity contribution in [1.82, 2.24) is 10.6 Å². The van der Waals surface area contributed by atoms with Crippen LogP contribution in [0.1, 0.15) is 48.0 Å². The second-order valence-corrected chi connectivity index (χ2v) is 8.61. The van der Waals surface area contributed by atoms with Gasteiger partial charge in [-0.15, -0.1) is 0 Å². The van der Waals surface area contributed by atoms with Crippen molar-refractivity contribution in [2.75, 3.05) is 11.5 Å². The van der Waals surface area contributed by atoms with Gasteiger partial charge in [0.2, 0.25) is 5.91 Å². The molecule has 2 amide bonds. The number of amides is 2. The number of rotatable bonds is 7. The molecule has 0 fully saturated rings. The summed E-state index contributed by atoms with van der Waals surface area (Å²) in [7, 11) is 1.20. The van der Waals surface area contributed by atoms with Crippen molar-refractivity contribution in [3.63, 3.8) is 0 Å². The van der Waals surface area contributed by atoms with Crippen LogP contribution in [0.5, 0.6) is 0 Å². The quantitative estimate of drug-likeness (QED) is 0.236. The molecule has 0 aromatic carbocycles. The van der Waals surface area contributed by atoms with Gasteiger partial charge in [-0.05, 0) is 41.5 Å². The van der Waals surface area contributed by atoms with Crippen LogP contribution in [0, 0.1) is 0 Å². The van der Waals surface area contributed by atoms with Gasteiger partial charge in [-0.3, -0.25) is 9.59 Å². The Balaban J connectivity index is 5.25. The second-order valence-electron chi connectivity index (χ2n) is 7.73. The van der Waals surface area contributed by atoms with Crippen molar-refractivity contribution in [2.24, 2.45) is 0 Å². The van der Waals surface area contributed by atoms with Crippen molar-refractivity contribution in [3.05, 3.63) is 0 Å². The Morgan fingerprint density at radius 3 is 1.81 bits per heavy atom. The average Bonchev–Trinajstić information content (AvgIpc) is 2.47. The first-order valence-electron chi connectivity index (χ1n) is 8.34. The first kappa shape index (κ1) is 25.4. The van der Waals surface area contributed by atoms with Crippen molar-refractivity contribution in [2.45, 2.75) is 71.2 Å². The minimum Gasteiger partial charge on any atom is -0.467 e. The third kappa shape index (κ3) is 11.7. The third-order valence-electron chi connectivity index (χ3n) is 2.75. The number of halogens is 1. The number of ether oxygens (including phenoxy) is 3. The summed E-state index contributed by atoms with van der Waals surface area (Å²) in [5, 5.41) is 4.80. The SMILES string of the molecule is COC(=O)[C@H](CI)NC(=O)[C@H](CC(=O)OC(C)(C)C)NC(=O)OC(C)(C)C. The van der Waals surface area contributed by atoms with E-state index in [1.165, 1.54) is 7.11 Å². The number of carbonyl (C=O) groups excluding carboxylic acids is 4. The molecule has 0 radical (unpaired) electrons. The second kappa shape index (κ2) is 10.7. The predicted octanol–water partition coefficient (Wildman–Crippen LogP) is 1.70. The van der Waals surface area contributed by atoms with Gasteiger partial charge in [-0.2, -0.15) is 0 Å². The van der Waals surface area contributed by atoms with E-state index in [-0.39, 0.29) is 4.43 Å². The number of hydrogen-bond donors (Lipinski definition) is 2. The van der Waals surface area contributed by atoms with E-state index in [4.69, 9.17) is 9.47 Å².